The van der Waals surface area contributed by atoms with Crippen molar-refractivity contribution < 1.29 is 14.4 Å². The van der Waals surface area contributed by atoms with Crippen LogP contribution < -0.4 is 0 Å². The summed E-state index contributed by atoms with van der Waals surface area (Å²) < 4.78 is 5.07. The first-order valence-electron chi connectivity index (χ1n) is 12.4. The molecule has 0 unspecified atom stereocenters. The number of methoxy groups -OCH3 is 1. The number of carbonyl (C=O) groups excluding carboxylic acids is 1. The standard InChI is InChI=1S/C30H36N2O3/c1-23(2)29(31(20-24-13-7-4-8-14-24)21-25-15-9-5-10-16-25)27-19-28(30(33)34-3)35-32(27)22-26-17-11-6-12-18-26/h4-18,23,27-29H,19-22H2,1-3H3/t27-,28-,29-/m0/s1. The third-order valence-corrected chi connectivity index (χ3v) is 6.69. The maximum absolute atomic E-state index is 12.5. The highest BCUT2D eigenvalue weighted by Gasteiger charge is 2.45. The van der Waals surface area contributed by atoms with Gasteiger partial charge in [0.25, 0.3) is 0 Å². The van der Waals surface area contributed by atoms with Crippen molar-refractivity contribution in [1.29, 1.82) is 0 Å². The zero-order chi connectivity index (χ0) is 24.6. The Morgan fingerprint density at radius 3 is 1.83 bits per heavy atom. The van der Waals surface area contributed by atoms with Gasteiger partial charge in [0, 0.05) is 32.1 Å². The summed E-state index contributed by atoms with van der Waals surface area (Å²) in [5.74, 6) is 0.0245. The number of esters is 1. The highest BCUT2D eigenvalue weighted by molar-refractivity contribution is 5.74. The molecule has 0 aliphatic carbocycles. The Kier molecular flexibility index (Phi) is 8.69. The van der Waals surface area contributed by atoms with Gasteiger partial charge in [0.15, 0.2) is 6.10 Å². The molecular formula is C30H36N2O3. The van der Waals surface area contributed by atoms with E-state index in [1.807, 2.05) is 23.3 Å². The lowest BCUT2D eigenvalue weighted by Gasteiger charge is -2.41. The minimum absolute atomic E-state index is 0.0340. The molecule has 35 heavy (non-hydrogen) atoms. The molecule has 0 radical (unpaired) electrons. The van der Waals surface area contributed by atoms with Gasteiger partial charge in [0.1, 0.15) is 0 Å². The predicted octanol–water partition coefficient (Wildman–Crippen LogP) is 5.46. The van der Waals surface area contributed by atoms with E-state index in [0.717, 1.165) is 18.7 Å². The van der Waals surface area contributed by atoms with E-state index in [9.17, 15) is 4.79 Å². The molecule has 0 N–H and O–H groups in total. The maximum atomic E-state index is 12.5. The van der Waals surface area contributed by atoms with E-state index < -0.39 is 6.10 Å². The van der Waals surface area contributed by atoms with Crippen LogP contribution in [-0.2, 0) is 34.0 Å². The third-order valence-electron chi connectivity index (χ3n) is 6.69. The van der Waals surface area contributed by atoms with Crippen LogP contribution in [0.5, 0.6) is 0 Å². The molecule has 0 bridgehead atoms. The lowest BCUT2D eigenvalue weighted by Crippen LogP contribution is -2.51. The van der Waals surface area contributed by atoms with E-state index in [0.29, 0.717) is 18.9 Å². The van der Waals surface area contributed by atoms with Crippen LogP contribution in [0.15, 0.2) is 91.0 Å². The number of hydrogen-bond acceptors (Lipinski definition) is 5. The van der Waals surface area contributed by atoms with Gasteiger partial charge in [-0.15, -0.1) is 0 Å². The van der Waals surface area contributed by atoms with Crippen LogP contribution in [0, 0.1) is 5.92 Å². The van der Waals surface area contributed by atoms with E-state index in [2.05, 4.69) is 91.5 Å². The summed E-state index contributed by atoms with van der Waals surface area (Å²) in [4.78, 5) is 21.3. The van der Waals surface area contributed by atoms with Gasteiger partial charge in [-0.25, -0.2) is 4.79 Å². The number of carbonyl (C=O) groups is 1. The molecule has 1 fully saturated rings. The average molecular weight is 473 g/mol. The molecule has 0 spiro atoms. The molecule has 3 atom stereocenters. The van der Waals surface area contributed by atoms with Gasteiger partial charge in [-0.05, 0) is 22.6 Å². The SMILES string of the molecule is COC(=O)[C@@H]1C[C@@H]([C@H](C(C)C)N(Cc2ccccc2)Cc2ccccc2)N(Cc2ccccc2)O1. The Morgan fingerprint density at radius 1 is 0.886 bits per heavy atom. The first-order chi connectivity index (χ1) is 17.0. The normalized spacial score (nSPS) is 19.2. The van der Waals surface area contributed by atoms with E-state index in [1.54, 1.807) is 0 Å². The topological polar surface area (TPSA) is 42.0 Å². The molecule has 0 saturated carbocycles. The van der Waals surface area contributed by atoms with Crippen LogP contribution in [0.4, 0.5) is 0 Å². The summed E-state index contributed by atoms with van der Waals surface area (Å²) in [5.41, 5.74) is 3.70. The molecule has 1 aliphatic heterocycles. The van der Waals surface area contributed by atoms with Crippen molar-refractivity contribution >= 4 is 5.97 Å². The number of rotatable bonds is 10. The average Bonchev–Trinajstić information content (AvgIpc) is 3.28. The number of hydrogen-bond donors (Lipinski definition) is 0. The molecule has 0 amide bonds. The molecule has 5 heteroatoms. The quantitative estimate of drug-likeness (QED) is 0.367. The Hall–Kier alpha value is -2.99. The van der Waals surface area contributed by atoms with Crippen molar-refractivity contribution in [3.63, 3.8) is 0 Å². The molecule has 1 heterocycles. The van der Waals surface area contributed by atoms with Crippen LogP contribution in [0.2, 0.25) is 0 Å². The van der Waals surface area contributed by atoms with Crippen molar-refractivity contribution in [3.8, 4) is 0 Å². The lowest BCUT2D eigenvalue weighted by molar-refractivity contribution is -0.197. The van der Waals surface area contributed by atoms with Gasteiger partial charge in [0.2, 0.25) is 0 Å². The fourth-order valence-electron chi connectivity index (χ4n) is 5.13. The van der Waals surface area contributed by atoms with E-state index in [1.165, 1.54) is 18.2 Å². The number of benzene rings is 3. The molecule has 1 aliphatic rings. The summed E-state index contributed by atoms with van der Waals surface area (Å²) in [5, 5.41) is 2.02. The highest BCUT2D eigenvalue weighted by atomic mass is 16.7. The molecule has 1 saturated heterocycles. The lowest BCUT2D eigenvalue weighted by atomic mass is 9.90. The predicted molar refractivity (Wildman–Crippen MR) is 138 cm³/mol. The molecule has 4 rings (SSSR count). The fraction of sp³-hybridized carbons (Fsp3) is 0.367. The first kappa shape index (κ1) is 25.1. The van der Waals surface area contributed by atoms with Crippen molar-refractivity contribution in [1.82, 2.24) is 9.96 Å². The smallest absolute Gasteiger partial charge is 0.337 e. The Labute approximate surface area is 209 Å². The Balaban J connectivity index is 1.67. The van der Waals surface area contributed by atoms with Crippen LogP contribution in [0.3, 0.4) is 0 Å². The molecule has 3 aromatic carbocycles. The van der Waals surface area contributed by atoms with Crippen LogP contribution in [-0.4, -0.2) is 41.2 Å². The molecule has 184 valence electrons. The summed E-state index contributed by atoms with van der Waals surface area (Å²) in [6.07, 6.45) is 0.00729. The minimum atomic E-state index is -0.592. The van der Waals surface area contributed by atoms with Crippen molar-refractivity contribution in [3.05, 3.63) is 108 Å². The highest BCUT2D eigenvalue weighted by Crippen LogP contribution is 2.33. The number of hydroxylamine groups is 2. The summed E-state index contributed by atoms with van der Waals surface area (Å²) in [7, 11) is 1.43. The zero-order valence-corrected chi connectivity index (χ0v) is 20.9. The molecule has 0 aromatic heterocycles. The van der Waals surface area contributed by atoms with Gasteiger partial charge in [0.05, 0.1) is 13.2 Å². The largest absolute Gasteiger partial charge is 0.467 e. The molecule has 3 aromatic rings. The second kappa shape index (κ2) is 12.1. The number of ether oxygens (including phenoxy) is 1. The van der Waals surface area contributed by atoms with Gasteiger partial charge < -0.3 is 4.74 Å². The first-order valence-corrected chi connectivity index (χ1v) is 12.4. The Morgan fingerprint density at radius 2 is 1.37 bits per heavy atom. The zero-order valence-electron chi connectivity index (χ0n) is 20.9. The maximum Gasteiger partial charge on any atom is 0.337 e. The van der Waals surface area contributed by atoms with Gasteiger partial charge in [-0.1, -0.05) is 105 Å². The third kappa shape index (κ3) is 6.57. The van der Waals surface area contributed by atoms with E-state index in [-0.39, 0.29) is 18.1 Å². The summed E-state index contributed by atoms with van der Waals surface area (Å²) in [6.45, 7) is 6.78. The molecule has 5 nitrogen and oxygen atoms in total. The summed E-state index contributed by atoms with van der Waals surface area (Å²) in [6, 6.07) is 31.7. The van der Waals surface area contributed by atoms with Gasteiger partial charge in [-0.3, -0.25) is 9.74 Å². The summed E-state index contributed by atoms with van der Waals surface area (Å²) >= 11 is 0. The molecular weight excluding hydrogens is 436 g/mol. The van der Waals surface area contributed by atoms with E-state index in [4.69, 9.17) is 9.57 Å². The van der Waals surface area contributed by atoms with Crippen LogP contribution in [0.25, 0.3) is 0 Å². The second-order valence-corrected chi connectivity index (χ2v) is 9.59. The van der Waals surface area contributed by atoms with Gasteiger partial charge in [-0.2, -0.15) is 5.06 Å². The van der Waals surface area contributed by atoms with Crippen molar-refractivity contribution in [2.24, 2.45) is 5.92 Å². The number of nitrogens with zero attached hydrogens (tertiary/aromatic N) is 2. The van der Waals surface area contributed by atoms with E-state index >= 15 is 0 Å². The minimum Gasteiger partial charge on any atom is -0.467 e. The monoisotopic (exact) mass is 472 g/mol. The second-order valence-electron chi connectivity index (χ2n) is 9.59. The fourth-order valence-corrected chi connectivity index (χ4v) is 5.13. The van der Waals surface area contributed by atoms with Crippen molar-refractivity contribution in [2.45, 2.75) is 58.1 Å². The van der Waals surface area contributed by atoms with Crippen molar-refractivity contribution in [2.75, 3.05) is 7.11 Å². The van der Waals surface area contributed by atoms with Crippen LogP contribution in [0.1, 0.15) is 37.0 Å². The van der Waals surface area contributed by atoms with Crippen LogP contribution >= 0.6 is 0 Å². The Bertz CT molecular complexity index is 1000. The van der Waals surface area contributed by atoms with Gasteiger partial charge >= 0.3 is 5.97 Å².